The molecule has 39 heavy (non-hydrogen) atoms. The molecule has 2 aliphatic rings. The highest BCUT2D eigenvalue weighted by molar-refractivity contribution is 5.97. The third-order valence-electron chi connectivity index (χ3n) is 5.95. The van der Waals surface area contributed by atoms with Crippen molar-refractivity contribution >= 4 is 17.5 Å². The van der Waals surface area contributed by atoms with E-state index in [9.17, 15) is 35.9 Å². The Hall–Kier alpha value is -4.23. The molecule has 2 aliphatic carbocycles. The van der Waals surface area contributed by atoms with Crippen LogP contribution in [-0.2, 0) is 4.79 Å². The van der Waals surface area contributed by atoms with E-state index in [4.69, 9.17) is 15.2 Å². The predicted molar refractivity (Wildman–Crippen MR) is 124 cm³/mol. The minimum absolute atomic E-state index is 0.0162. The number of carbonyl (C=O) groups is 2. The molecule has 3 N–H and O–H groups in total. The van der Waals surface area contributed by atoms with Crippen molar-refractivity contribution in [1.82, 2.24) is 4.98 Å². The van der Waals surface area contributed by atoms with Crippen molar-refractivity contribution in [2.45, 2.75) is 31.8 Å². The Balaban J connectivity index is 1.70. The smallest absolute Gasteiger partial charge is 0.493 e. The number of primary amides is 1. The second-order valence-corrected chi connectivity index (χ2v) is 8.76. The second-order valence-electron chi connectivity index (χ2n) is 8.76. The van der Waals surface area contributed by atoms with Gasteiger partial charge in [-0.25, -0.2) is 0 Å². The second kappa shape index (κ2) is 10.5. The number of carbonyl (C=O) groups excluding carboxylic acids is 2. The van der Waals surface area contributed by atoms with Crippen LogP contribution in [0.25, 0.3) is 0 Å². The molecular weight excluding hydrogens is 536 g/mol. The molecule has 1 aromatic carbocycles. The quantitative estimate of drug-likeness (QED) is 0.428. The van der Waals surface area contributed by atoms with Crippen LogP contribution in [0.15, 0.2) is 59.5 Å². The van der Waals surface area contributed by atoms with Gasteiger partial charge >= 0.3 is 12.5 Å². The van der Waals surface area contributed by atoms with E-state index in [1.54, 1.807) is 0 Å². The molecule has 2 aromatic rings. The fourth-order valence-electron chi connectivity index (χ4n) is 4.05. The Labute approximate surface area is 217 Å². The van der Waals surface area contributed by atoms with Crippen LogP contribution in [0.4, 0.5) is 32.0 Å². The molecule has 0 aliphatic heterocycles. The number of alkyl halides is 6. The van der Waals surface area contributed by atoms with Crippen molar-refractivity contribution in [3.63, 3.8) is 0 Å². The van der Waals surface area contributed by atoms with Gasteiger partial charge in [-0.1, -0.05) is 0 Å². The summed E-state index contributed by atoms with van der Waals surface area (Å²) in [5.41, 5.74) is 4.18. The molecular formula is C25H21F6N3O5. The Kier molecular flexibility index (Phi) is 7.48. The van der Waals surface area contributed by atoms with Crippen LogP contribution in [0, 0.1) is 11.8 Å². The number of hydrogen-bond acceptors (Lipinski definition) is 6. The average molecular weight is 557 g/mol. The number of benzene rings is 1. The number of anilines is 1. The van der Waals surface area contributed by atoms with Crippen LogP contribution in [0.2, 0.25) is 0 Å². The summed E-state index contributed by atoms with van der Waals surface area (Å²) in [6, 6.07) is 5.38. The van der Waals surface area contributed by atoms with Crippen molar-refractivity contribution in [1.29, 1.82) is 0 Å². The first-order valence-corrected chi connectivity index (χ1v) is 11.5. The molecule has 8 nitrogen and oxygen atoms in total. The molecule has 0 saturated heterocycles. The van der Waals surface area contributed by atoms with Crippen LogP contribution in [0.5, 0.6) is 17.2 Å². The highest BCUT2D eigenvalue weighted by atomic mass is 19.4. The number of aromatic nitrogens is 1. The number of nitrogens with zero attached hydrogens (tertiary/aromatic N) is 1. The van der Waals surface area contributed by atoms with Crippen molar-refractivity contribution in [3.05, 3.63) is 65.2 Å². The van der Waals surface area contributed by atoms with Crippen LogP contribution < -0.4 is 25.3 Å². The van der Waals surface area contributed by atoms with Crippen molar-refractivity contribution in [2.24, 2.45) is 17.6 Å². The maximum absolute atomic E-state index is 14.0. The Bertz CT molecular complexity index is 1350. The van der Waals surface area contributed by atoms with Crippen LogP contribution in [-0.4, -0.2) is 36.4 Å². The van der Waals surface area contributed by atoms with Gasteiger partial charge in [-0.2, -0.15) is 13.2 Å². The zero-order valence-electron chi connectivity index (χ0n) is 20.2. The summed E-state index contributed by atoms with van der Waals surface area (Å²) in [6.07, 6.45) is -7.06. The normalized spacial score (nSPS) is 17.8. The van der Waals surface area contributed by atoms with Crippen molar-refractivity contribution < 1.29 is 50.1 Å². The van der Waals surface area contributed by atoms with Gasteiger partial charge in [0.05, 0.1) is 7.11 Å². The van der Waals surface area contributed by atoms with E-state index in [1.807, 2.05) is 0 Å². The van der Waals surface area contributed by atoms with Gasteiger partial charge in [-0.05, 0) is 61.1 Å². The van der Waals surface area contributed by atoms with E-state index in [2.05, 4.69) is 15.0 Å². The minimum Gasteiger partial charge on any atom is -0.493 e. The van der Waals surface area contributed by atoms with E-state index >= 15 is 0 Å². The molecule has 1 heterocycles. The first kappa shape index (κ1) is 27.8. The summed E-state index contributed by atoms with van der Waals surface area (Å²) in [5, 5.41) is 2.44. The van der Waals surface area contributed by atoms with Crippen molar-refractivity contribution in [3.8, 4) is 17.2 Å². The van der Waals surface area contributed by atoms with Gasteiger partial charge in [0.1, 0.15) is 23.1 Å². The standard InChI is InChI=1S/C25H21F6N3O5/c1-37-21-9-14(39-25(29,30)31)4-5-19(21)38-20-11-15(12-2-3-12)17(24(26,27)28)10-16(20)23(36)34-13-6-7-33-18(8-13)22(32)35/h4-9,11-12,16H,2-3,10H2,1H3,(H2,32,35)(H,33,34,36). The number of amides is 2. The molecule has 1 aromatic heterocycles. The lowest BCUT2D eigenvalue weighted by Crippen LogP contribution is -2.32. The lowest BCUT2D eigenvalue weighted by Gasteiger charge is -2.29. The molecule has 0 bridgehead atoms. The molecule has 1 atom stereocenters. The molecule has 4 rings (SSSR count). The van der Waals surface area contributed by atoms with Gasteiger partial charge in [0.25, 0.3) is 5.91 Å². The highest BCUT2D eigenvalue weighted by Crippen LogP contribution is 2.49. The predicted octanol–water partition coefficient (Wildman–Crippen LogP) is 5.28. The van der Waals surface area contributed by atoms with Crippen LogP contribution >= 0.6 is 0 Å². The average Bonchev–Trinajstić information content (AvgIpc) is 3.68. The first-order valence-electron chi connectivity index (χ1n) is 11.5. The summed E-state index contributed by atoms with van der Waals surface area (Å²) in [5.74, 6) is -4.78. The van der Waals surface area contributed by atoms with Gasteiger partial charge in [0.2, 0.25) is 5.91 Å². The Morgan fingerprint density at radius 1 is 1.05 bits per heavy atom. The van der Waals surface area contributed by atoms with Gasteiger partial charge in [0, 0.05) is 23.5 Å². The molecule has 1 saturated carbocycles. The Morgan fingerprint density at radius 2 is 1.77 bits per heavy atom. The third-order valence-corrected chi connectivity index (χ3v) is 5.95. The lowest BCUT2D eigenvalue weighted by atomic mass is 9.85. The SMILES string of the molecule is COc1cc(OC(F)(F)F)ccc1OC1=CC(C2CC2)=C(C(F)(F)F)CC1C(=O)Nc1ccnc(C(N)=O)c1. The van der Waals surface area contributed by atoms with E-state index in [1.165, 1.54) is 12.3 Å². The minimum atomic E-state index is -4.97. The van der Waals surface area contributed by atoms with Crippen LogP contribution in [0.3, 0.4) is 0 Å². The molecule has 1 unspecified atom stereocenters. The summed E-state index contributed by atoms with van der Waals surface area (Å²) >= 11 is 0. The number of allylic oxidation sites excluding steroid dienone is 3. The number of rotatable bonds is 8. The number of pyridine rings is 1. The summed E-state index contributed by atoms with van der Waals surface area (Å²) in [6.45, 7) is 0. The number of hydrogen-bond donors (Lipinski definition) is 2. The van der Waals surface area contributed by atoms with E-state index in [-0.39, 0.29) is 40.1 Å². The summed E-state index contributed by atoms with van der Waals surface area (Å²) < 4.78 is 94.6. The number of ether oxygens (including phenoxy) is 3. The third kappa shape index (κ3) is 6.81. The number of nitrogens with two attached hydrogens (primary N) is 1. The molecule has 1 fully saturated rings. The number of nitrogens with one attached hydrogen (secondary N) is 1. The zero-order valence-corrected chi connectivity index (χ0v) is 20.2. The van der Waals surface area contributed by atoms with Crippen molar-refractivity contribution in [2.75, 3.05) is 12.4 Å². The van der Waals surface area contributed by atoms with Gasteiger partial charge < -0.3 is 25.3 Å². The maximum Gasteiger partial charge on any atom is 0.573 e. The zero-order chi connectivity index (χ0) is 28.5. The fraction of sp³-hybridized carbons (Fsp3) is 0.320. The molecule has 208 valence electrons. The molecule has 0 spiro atoms. The molecule has 14 heteroatoms. The number of methoxy groups -OCH3 is 1. The van der Waals surface area contributed by atoms with Crippen LogP contribution in [0.1, 0.15) is 29.8 Å². The Morgan fingerprint density at radius 3 is 2.36 bits per heavy atom. The first-order chi connectivity index (χ1) is 18.2. The largest absolute Gasteiger partial charge is 0.573 e. The van der Waals surface area contributed by atoms with Gasteiger partial charge in [-0.3, -0.25) is 14.6 Å². The topological polar surface area (TPSA) is 113 Å². The summed E-state index contributed by atoms with van der Waals surface area (Å²) in [7, 11) is 1.15. The molecule has 0 radical (unpaired) electrons. The van der Waals surface area contributed by atoms with E-state index in [0.717, 1.165) is 37.5 Å². The van der Waals surface area contributed by atoms with Gasteiger partial charge in [0.15, 0.2) is 11.5 Å². The highest BCUT2D eigenvalue weighted by Gasteiger charge is 2.45. The van der Waals surface area contributed by atoms with E-state index in [0.29, 0.717) is 12.8 Å². The van der Waals surface area contributed by atoms with Gasteiger partial charge in [-0.15, -0.1) is 13.2 Å². The number of halogens is 6. The summed E-state index contributed by atoms with van der Waals surface area (Å²) in [4.78, 5) is 28.4. The maximum atomic E-state index is 14.0. The monoisotopic (exact) mass is 557 g/mol. The van der Waals surface area contributed by atoms with E-state index < -0.39 is 48.0 Å². The fourth-order valence-corrected chi connectivity index (χ4v) is 4.05. The molecule has 2 amide bonds. The lowest BCUT2D eigenvalue weighted by molar-refractivity contribution is -0.274.